The van der Waals surface area contributed by atoms with Crippen LogP contribution in [0.3, 0.4) is 0 Å². The Kier molecular flexibility index (Phi) is 5.71. The van der Waals surface area contributed by atoms with Gasteiger partial charge in [0.1, 0.15) is 0 Å². The fourth-order valence-electron chi connectivity index (χ4n) is 1.71. The summed E-state index contributed by atoms with van der Waals surface area (Å²) in [6.45, 7) is 5.84. The minimum absolute atomic E-state index is 0.408. The number of hydrogen-bond acceptors (Lipinski definition) is 4. The molecule has 1 heterocycles. The molecule has 1 aromatic heterocycles. The second kappa shape index (κ2) is 6.81. The third-order valence-electron chi connectivity index (χ3n) is 2.85. The Hall–Kier alpha value is -0.810. The molecule has 0 fully saturated rings. The summed E-state index contributed by atoms with van der Waals surface area (Å²) in [6, 6.07) is 0.408. The van der Waals surface area contributed by atoms with Gasteiger partial charge in [-0.3, -0.25) is 4.98 Å². The van der Waals surface area contributed by atoms with Gasteiger partial charge in [-0.2, -0.15) is 0 Å². The quantitative estimate of drug-likeness (QED) is 0.878. The molecule has 0 aliphatic carbocycles. The predicted molar refractivity (Wildman–Crippen MR) is 75.3 cm³/mol. The maximum atomic E-state index is 6.01. The first-order valence-corrected chi connectivity index (χ1v) is 6.55. The number of nitrogens with two attached hydrogens (primary N) is 1. The third kappa shape index (κ3) is 3.57. The zero-order valence-electron chi connectivity index (χ0n) is 10.6. The van der Waals surface area contributed by atoms with Crippen LogP contribution in [0.25, 0.3) is 0 Å². The van der Waals surface area contributed by atoms with Crippen molar-refractivity contribution >= 4 is 27.3 Å². The Bertz CT molecular complexity index is 339. The Morgan fingerprint density at radius 2 is 2.24 bits per heavy atom. The lowest BCUT2D eigenvalue weighted by atomic mass is 10.2. The largest absolute Gasteiger partial charge is 0.396 e. The van der Waals surface area contributed by atoms with Crippen LogP contribution in [0, 0.1) is 0 Å². The fourth-order valence-corrected chi connectivity index (χ4v) is 2.28. The maximum absolute atomic E-state index is 6.01. The molecule has 1 unspecified atom stereocenters. The van der Waals surface area contributed by atoms with Crippen molar-refractivity contribution in [2.24, 2.45) is 0 Å². The molecule has 0 radical (unpaired) electrons. The minimum atomic E-state index is 0.408. The van der Waals surface area contributed by atoms with E-state index < -0.39 is 0 Å². The van der Waals surface area contributed by atoms with Crippen molar-refractivity contribution in [1.29, 1.82) is 0 Å². The second-order valence-corrected chi connectivity index (χ2v) is 4.86. The molecule has 1 atom stereocenters. The van der Waals surface area contributed by atoms with Gasteiger partial charge in [-0.05, 0) is 29.3 Å². The van der Waals surface area contributed by atoms with Crippen molar-refractivity contribution in [2.45, 2.75) is 26.3 Å². The molecule has 96 valence electrons. The zero-order valence-corrected chi connectivity index (χ0v) is 12.2. The normalized spacial score (nSPS) is 12.5. The van der Waals surface area contributed by atoms with Crippen molar-refractivity contribution in [1.82, 2.24) is 4.98 Å². The molecule has 0 bridgehead atoms. The Morgan fingerprint density at radius 3 is 2.76 bits per heavy atom. The van der Waals surface area contributed by atoms with Crippen LogP contribution < -0.4 is 10.6 Å². The summed E-state index contributed by atoms with van der Waals surface area (Å²) < 4.78 is 6.08. The number of nitrogens with zero attached hydrogens (tertiary/aromatic N) is 2. The smallest absolute Gasteiger partial charge is 0.0779 e. The van der Waals surface area contributed by atoms with Gasteiger partial charge in [0.25, 0.3) is 0 Å². The highest BCUT2D eigenvalue weighted by Gasteiger charge is 2.18. The third-order valence-corrected chi connectivity index (χ3v) is 3.43. The number of anilines is 2. The molecule has 1 aromatic rings. The maximum Gasteiger partial charge on any atom is 0.0779 e. The Balaban J connectivity index is 3.03. The molecule has 0 aliphatic rings. The van der Waals surface area contributed by atoms with Gasteiger partial charge in [0.15, 0.2) is 0 Å². The molecular weight excluding hydrogens is 282 g/mol. The van der Waals surface area contributed by atoms with Gasteiger partial charge in [-0.1, -0.05) is 6.92 Å². The number of rotatable bonds is 6. The average molecular weight is 302 g/mol. The van der Waals surface area contributed by atoms with E-state index in [2.05, 4.69) is 39.7 Å². The highest BCUT2D eigenvalue weighted by Crippen LogP contribution is 2.32. The van der Waals surface area contributed by atoms with Crippen molar-refractivity contribution < 1.29 is 4.74 Å². The van der Waals surface area contributed by atoms with Crippen LogP contribution >= 0.6 is 15.9 Å². The number of ether oxygens (including phenoxy) is 1. The lowest BCUT2D eigenvalue weighted by Gasteiger charge is -2.32. The first kappa shape index (κ1) is 14.3. The van der Waals surface area contributed by atoms with Crippen LogP contribution in [0.15, 0.2) is 16.9 Å². The van der Waals surface area contributed by atoms with Gasteiger partial charge >= 0.3 is 0 Å². The molecule has 0 aliphatic heterocycles. The summed E-state index contributed by atoms with van der Waals surface area (Å²) in [5, 5.41) is 0. The van der Waals surface area contributed by atoms with E-state index in [0.29, 0.717) is 18.3 Å². The zero-order chi connectivity index (χ0) is 12.8. The summed E-state index contributed by atoms with van der Waals surface area (Å²) in [5.74, 6) is 0. The molecule has 0 saturated heterocycles. The molecule has 17 heavy (non-hydrogen) atoms. The van der Waals surface area contributed by atoms with Crippen LogP contribution in [0.1, 0.15) is 20.3 Å². The van der Waals surface area contributed by atoms with Gasteiger partial charge in [-0.25, -0.2) is 0 Å². The van der Waals surface area contributed by atoms with Crippen LogP contribution in [0.5, 0.6) is 0 Å². The Labute approximate surface area is 111 Å². The minimum Gasteiger partial charge on any atom is -0.396 e. The van der Waals surface area contributed by atoms with Crippen LogP contribution in [0.4, 0.5) is 11.4 Å². The highest BCUT2D eigenvalue weighted by atomic mass is 79.9. The Morgan fingerprint density at radius 1 is 1.53 bits per heavy atom. The lowest BCUT2D eigenvalue weighted by molar-refractivity contribution is 0.203. The van der Waals surface area contributed by atoms with E-state index in [0.717, 1.165) is 23.1 Å². The molecule has 4 nitrogen and oxygen atoms in total. The van der Waals surface area contributed by atoms with Crippen LogP contribution in [0.2, 0.25) is 0 Å². The van der Waals surface area contributed by atoms with Crippen molar-refractivity contribution in [2.75, 3.05) is 30.9 Å². The van der Waals surface area contributed by atoms with Gasteiger partial charge in [0.05, 0.1) is 28.7 Å². The van der Waals surface area contributed by atoms with E-state index in [1.807, 2.05) is 0 Å². The standard InChI is InChI=1S/C12H20BrN3O/c1-4-9(2)16(5-6-17-3)12-10(13)7-15-8-11(12)14/h7-9H,4-6,14H2,1-3H3. The van der Waals surface area contributed by atoms with Gasteiger partial charge in [0, 0.05) is 25.9 Å². The van der Waals surface area contributed by atoms with Crippen LogP contribution in [-0.4, -0.2) is 31.3 Å². The van der Waals surface area contributed by atoms with E-state index in [1.165, 1.54) is 0 Å². The van der Waals surface area contributed by atoms with Crippen molar-refractivity contribution in [3.63, 3.8) is 0 Å². The second-order valence-electron chi connectivity index (χ2n) is 4.00. The molecule has 1 rings (SSSR count). The molecule has 0 spiro atoms. The molecule has 5 heteroatoms. The summed E-state index contributed by atoms with van der Waals surface area (Å²) in [6.07, 6.45) is 4.51. The topological polar surface area (TPSA) is 51.4 Å². The summed E-state index contributed by atoms with van der Waals surface area (Å²) in [4.78, 5) is 6.32. The number of methoxy groups -OCH3 is 1. The lowest BCUT2D eigenvalue weighted by Crippen LogP contribution is -2.36. The van der Waals surface area contributed by atoms with E-state index in [9.17, 15) is 0 Å². The van der Waals surface area contributed by atoms with E-state index in [-0.39, 0.29) is 0 Å². The number of aromatic nitrogens is 1. The number of nitrogen functional groups attached to an aromatic ring is 1. The summed E-state index contributed by atoms with van der Waals surface area (Å²) >= 11 is 3.51. The first-order chi connectivity index (χ1) is 8.11. The number of hydrogen-bond donors (Lipinski definition) is 1. The average Bonchev–Trinajstić information content (AvgIpc) is 2.32. The van der Waals surface area contributed by atoms with Crippen molar-refractivity contribution in [3.05, 3.63) is 16.9 Å². The fraction of sp³-hybridized carbons (Fsp3) is 0.583. The van der Waals surface area contributed by atoms with E-state index in [4.69, 9.17) is 10.5 Å². The van der Waals surface area contributed by atoms with Crippen LogP contribution in [-0.2, 0) is 4.74 Å². The summed E-state index contributed by atoms with van der Waals surface area (Å²) in [5.41, 5.74) is 7.71. The molecule has 0 amide bonds. The van der Waals surface area contributed by atoms with Gasteiger partial charge < -0.3 is 15.4 Å². The van der Waals surface area contributed by atoms with Crippen molar-refractivity contribution in [3.8, 4) is 0 Å². The van der Waals surface area contributed by atoms with Gasteiger partial charge in [0.2, 0.25) is 0 Å². The molecule has 0 saturated carbocycles. The number of halogens is 1. The predicted octanol–water partition coefficient (Wildman–Crippen LogP) is 2.68. The molecular formula is C12H20BrN3O. The number of pyridine rings is 1. The monoisotopic (exact) mass is 301 g/mol. The first-order valence-electron chi connectivity index (χ1n) is 5.76. The van der Waals surface area contributed by atoms with Gasteiger partial charge in [-0.15, -0.1) is 0 Å². The summed E-state index contributed by atoms with van der Waals surface area (Å²) in [7, 11) is 1.71. The molecule has 0 aromatic carbocycles. The highest BCUT2D eigenvalue weighted by molar-refractivity contribution is 9.10. The SMILES string of the molecule is CCC(C)N(CCOC)c1c(N)cncc1Br. The van der Waals surface area contributed by atoms with E-state index >= 15 is 0 Å². The van der Waals surface area contributed by atoms with E-state index in [1.54, 1.807) is 19.5 Å². The molecule has 2 N–H and O–H groups in total.